The van der Waals surface area contributed by atoms with Crippen molar-refractivity contribution in [1.29, 1.82) is 5.26 Å². The van der Waals surface area contributed by atoms with Gasteiger partial charge in [0.1, 0.15) is 29.8 Å². The molecule has 1 aromatic heterocycles. The summed E-state index contributed by atoms with van der Waals surface area (Å²) in [4.78, 5) is 7.89. The lowest BCUT2D eigenvalue weighted by Crippen LogP contribution is -2.06. The maximum atomic E-state index is 9.21. The predicted molar refractivity (Wildman–Crippen MR) is 76.7 cm³/mol. The Balaban J connectivity index is 2.62. The third-order valence-corrected chi connectivity index (χ3v) is 2.56. The number of benzene rings is 1. The standard InChI is InChI=1S/C14H13N5O/c1-2-7-20-11-6-4-3-5-9(11)12-10(8-15)13(16)19-14(17)18-12/h2-6H,1,7H2,(H4,16,17,18,19). The zero-order valence-corrected chi connectivity index (χ0v) is 10.7. The van der Waals surface area contributed by atoms with Crippen molar-refractivity contribution in [1.82, 2.24) is 9.97 Å². The third-order valence-electron chi connectivity index (χ3n) is 2.56. The van der Waals surface area contributed by atoms with Gasteiger partial charge in [0, 0.05) is 5.56 Å². The molecule has 100 valence electrons. The number of para-hydroxylation sites is 1. The van der Waals surface area contributed by atoms with Crippen molar-refractivity contribution in [3.8, 4) is 23.1 Å². The maximum Gasteiger partial charge on any atom is 0.222 e. The number of aromatic nitrogens is 2. The van der Waals surface area contributed by atoms with Crippen LogP contribution in [0.25, 0.3) is 11.3 Å². The number of nitrogen functional groups attached to an aromatic ring is 2. The molecule has 0 spiro atoms. The first-order chi connectivity index (χ1) is 9.67. The SMILES string of the molecule is C=CCOc1ccccc1-c1nc(N)nc(N)c1C#N. The molecule has 0 unspecified atom stereocenters. The fraction of sp³-hybridized carbons (Fsp3) is 0.0714. The minimum Gasteiger partial charge on any atom is -0.489 e. The van der Waals surface area contributed by atoms with E-state index in [2.05, 4.69) is 16.5 Å². The van der Waals surface area contributed by atoms with E-state index in [0.717, 1.165) is 0 Å². The summed E-state index contributed by atoms with van der Waals surface area (Å²) in [5.41, 5.74) is 12.5. The minimum absolute atomic E-state index is 0.00928. The number of rotatable bonds is 4. The molecular formula is C14H13N5O. The van der Waals surface area contributed by atoms with Crippen LogP contribution < -0.4 is 16.2 Å². The predicted octanol–water partition coefficient (Wildman–Crippen LogP) is 1.74. The second-order valence-electron chi connectivity index (χ2n) is 3.90. The van der Waals surface area contributed by atoms with Crippen LogP contribution in [0, 0.1) is 11.3 Å². The van der Waals surface area contributed by atoms with Gasteiger partial charge in [-0.25, -0.2) is 4.98 Å². The van der Waals surface area contributed by atoms with Crippen molar-refractivity contribution in [3.63, 3.8) is 0 Å². The van der Waals surface area contributed by atoms with Crippen LogP contribution in [0.15, 0.2) is 36.9 Å². The Kier molecular flexibility index (Phi) is 3.82. The van der Waals surface area contributed by atoms with Crippen molar-refractivity contribution in [2.24, 2.45) is 0 Å². The van der Waals surface area contributed by atoms with Crippen LogP contribution >= 0.6 is 0 Å². The second kappa shape index (κ2) is 5.71. The normalized spacial score (nSPS) is 9.75. The zero-order chi connectivity index (χ0) is 14.5. The van der Waals surface area contributed by atoms with Crippen LogP contribution in [0.5, 0.6) is 5.75 Å². The Hall–Kier alpha value is -3.07. The highest BCUT2D eigenvalue weighted by molar-refractivity contribution is 5.77. The number of ether oxygens (including phenoxy) is 1. The fourth-order valence-corrected chi connectivity index (χ4v) is 1.74. The van der Waals surface area contributed by atoms with Crippen molar-refractivity contribution in [3.05, 3.63) is 42.5 Å². The molecule has 0 saturated carbocycles. The highest BCUT2D eigenvalue weighted by Crippen LogP contribution is 2.32. The lowest BCUT2D eigenvalue weighted by molar-refractivity contribution is 0.364. The number of hydrogen-bond acceptors (Lipinski definition) is 6. The third kappa shape index (κ3) is 2.52. The molecular weight excluding hydrogens is 254 g/mol. The van der Waals surface area contributed by atoms with E-state index in [4.69, 9.17) is 16.2 Å². The van der Waals surface area contributed by atoms with E-state index in [1.807, 2.05) is 18.2 Å². The Morgan fingerprint density at radius 3 is 2.75 bits per heavy atom. The minimum atomic E-state index is 0.00928. The molecule has 0 amide bonds. The van der Waals surface area contributed by atoms with E-state index in [1.54, 1.807) is 18.2 Å². The number of nitrogens with zero attached hydrogens (tertiary/aromatic N) is 3. The van der Waals surface area contributed by atoms with Crippen LogP contribution in [0.1, 0.15) is 5.56 Å². The van der Waals surface area contributed by atoms with Gasteiger partial charge in [-0.15, -0.1) is 0 Å². The van der Waals surface area contributed by atoms with Crippen molar-refractivity contribution >= 4 is 11.8 Å². The van der Waals surface area contributed by atoms with Gasteiger partial charge >= 0.3 is 0 Å². The monoisotopic (exact) mass is 267 g/mol. The molecule has 0 bridgehead atoms. The van der Waals surface area contributed by atoms with E-state index in [9.17, 15) is 5.26 Å². The van der Waals surface area contributed by atoms with Gasteiger partial charge in [-0.1, -0.05) is 24.8 Å². The van der Waals surface area contributed by atoms with E-state index in [-0.39, 0.29) is 17.3 Å². The van der Waals surface area contributed by atoms with Crippen molar-refractivity contribution in [2.45, 2.75) is 0 Å². The molecule has 4 N–H and O–H groups in total. The van der Waals surface area contributed by atoms with Crippen LogP contribution in [0.3, 0.4) is 0 Å². The number of nitriles is 1. The van der Waals surface area contributed by atoms with Gasteiger partial charge in [-0.05, 0) is 12.1 Å². The molecule has 0 aliphatic heterocycles. The van der Waals surface area contributed by atoms with Gasteiger partial charge in [-0.3, -0.25) is 0 Å². The van der Waals surface area contributed by atoms with Crippen LogP contribution in [-0.4, -0.2) is 16.6 Å². The molecule has 0 atom stereocenters. The smallest absolute Gasteiger partial charge is 0.222 e. The largest absolute Gasteiger partial charge is 0.489 e. The topological polar surface area (TPSA) is 111 Å². The summed E-state index contributed by atoms with van der Waals surface area (Å²) in [6, 6.07) is 9.17. The molecule has 1 aromatic carbocycles. The Labute approximate surface area is 116 Å². The fourth-order valence-electron chi connectivity index (χ4n) is 1.74. The van der Waals surface area contributed by atoms with E-state index in [1.165, 1.54) is 0 Å². The highest BCUT2D eigenvalue weighted by atomic mass is 16.5. The van der Waals surface area contributed by atoms with Gasteiger partial charge in [0.2, 0.25) is 5.95 Å². The van der Waals surface area contributed by atoms with Crippen molar-refractivity contribution in [2.75, 3.05) is 18.1 Å². The second-order valence-corrected chi connectivity index (χ2v) is 3.90. The van der Waals surface area contributed by atoms with Gasteiger partial charge < -0.3 is 16.2 Å². The first kappa shape index (κ1) is 13.4. The van der Waals surface area contributed by atoms with Crippen LogP contribution in [0.2, 0.25) is 0 Å². The summed E-state index contributed by atoms with van der Waals surface area (Å²) in [6.07, 6.45) is 1.63. The average Bonchev–Trinajstić information content (AvgIpc) is 2.44. The molecule has 0 saturated heterocycles. The molecule has 0 aliphatic carbocycles. The van der Waals surface area contributed by atoms with Gasteiger partial charge in [0.25, 0.3) is 0 Å². The molecule has 20 heavy (non-hydrogen) atoms. The molecule has 0 aliphatic rings. The summed E-state index contributed by atoms with van der Waals surface area (Å²) >= 11 is 0. The Bertz CT molecular complexity index is 690. The number of hydrogen-bond donors (Lipinski definition) is 2. The average molecular weight is 267 g/mol. The molecule has 2 rings (SSSR count). The summed E-state index contributed by atoms with van der Waals surface area (Å²) in [6.45, 7) is 3.94. The first-order valence-corrected chi connectivity index (χ1v) is 5.83. The van der Waals surface area contributed by atoms with E-state index < -0.39 is 0 Å². The molecule has 1 heterocycles. The van der Waals surface area contributed by atoms with Gasteiger partial charge in [-0.2, -0.15) is 10.2 Å². The van der Waals surface area contributed by atoms with E-state index in [0.29, 0.717) is 23.6 Å². The van der Waals surface area contributed by atoms with Crippen LogP contribution in [-0.2, 0) is 0 Å². The lowest BCUT2D eigenvalue weighted by atomic mass is 10.1. The van der Waals surface area contributed by atoms with E-state index >= 15 is 0 Å². The summed E-state index contributed by atoms with van der Waals surface area (Å²) in [5.74, 6) is 0.630. The molecule has 2 aromatic rings. The Morgan fingerprint density at radius 2 is 2.05 bits per heavy atom. The van der Waals surface area contributed by atoms with Crippen molar-refractivity contribution < 1.29 is 4.74 Å². The number of nitrogens with two attached hydrogens (primary N) is 2. The summed E-state index contributed by atoms with van der Waals surface area (Å²) in [7, 11) is 0. The number of anilines is 2. The molecule has 6 heteroatoms. The van der Waals surface area contributed by atoms with Crippen LogP contribution in [0.4, 0.5) is 11.8 Å². The molecule has 6 nitrogen and oxygen atoms in total. The summed E-state index contributed by atoms with van der Waals surface area (Å²) < 4.78 is 5.55. The van der Waals surface area contributed by atoms with Gasteiger partial charge in [0.15, 0.2) is 0 Å². The zero-order valence-electron chi connectivity index (χ0n) is 10.7. The lowest BCUT2D eigenvalue weighted by Gasteiger charge is -2.11. The molecule has 0 radical (unpaired) electrons. The summed E-state index contributed by atoms with van der Waals surface area (Å²) in [5, 5.41) is 9.21. The quantitative estimate of drug-likeness (QED) is 0.816. The molecule has 0 fully saturated rings. The van der Waals surface area contributed by atoms with Gasteiger partial charge in [0.05, 0.1) is 5.69 Å². The maximum absolute atomic E-state index is 9.21. The highest BCUT2D eigenvalue weighted by Gasteiger charge is 2.16. The Morgan fingerprint density at radius 1 is 1.30 bits per heavy atom. The first-order valence-electron chi connectivity index (χ1n) is 5.83.